The second-order valence-electron chi connectivity index (χ2n) is 5.91. The summed E-state index contributed by atoms with van der Waals surface area (Å²) in [5.41, 5.74) is 1.86. The van der Waals surface area contributed by atoms with Crippen LogP contribution in [0.15, 0.2) is 54.6 Å². The molecule has 0 spiro atoms. The van der Waals surface area contributed by atoms with Crippen molar-refractivity contribution in [2.24, 2.45) is 5.92 Å². The van der Waals surface area contributed by atoms with E-state index in [9.17, 15) is 9.59 Å². The first-order valence-electron chi connectivity index (χ1n) is 7.64. The summed E-state index contributed by atoms with van der Waals surface area (Å²) in [6, 6.07) is 17.7. The highest BCUT2D eigenvalue weighted by Crippen LogP contribution is 2.41. The Balaban J connectivity index is 2.14. The summed E-state index contributed by atoms with van der Waals surface area (Å²) in [6.07, 6.45) is 0. The van der Waals surface area contributed by atoms with E-state index in [1.165, 1.54) is 6.92 Å². The molecular formula is C19H19NO3. The fourth-order valence-corrected chi connectivity index (χ4v) is 3.13. The lowest BCUT2D eigenvalue weighted by Crippen LogP contribution is -2.59. The van der Waals surface area contributed by atoms with Crippen molar-refractivity contribution in [2.75, 3.05) is 6.54 Å². The number of nitrogens with one attached hydrogen (secondary N) is 1. The van der Waals surface area contributed by atoms with Crippen LogP contribution in [0.1, 0.15) is 19.4 Å². The molecule has 2 aromatic carbocycles. The quantitative estimate of drug-likeness (QED) is 0.698. The van der Waals surface area contributed by atoms with Crippen LogP contribution in [0.5, 0.6) is 0 Å². The van der Waals surface area contributed by atoms with E-state index >= 15 is 0 Å². The third-order valence-corrected chi connectivity index (χ3v) is 4.36. The van der Waals surface area contributed by atoms with Gasteiger partial charge in [0.2, 0.25) is 5.91 Å². The number of rotatable bonds is 4. The Hall–Kier alpha value is -2.62. The molecule has 0 radical (unpaired) electrons. The van der Waals surface area contributed by atoms with Crippen LogP contribution in [-0.4, -0.2) is 18.4 Å². The first-order valence-corrected chi connectivity index (χ1v) is 7.64. The topological polar surface area (TPSA) is 55.4 Å². The molecule has 1 aliphatic rings. The first kappa shape index (κ1) is 15.3. The molecule has 1 N–H and O–H groups in total. The highest BCUT2D eigenvalue weighted by atomic mass is 16.6. The number of β-lactam (4-membered cyclic amide) rings is 1. The summed E-state index contributed by atoms with van der Waals surface area (Å²) in [7, 11) is 0. The van der Waals surface area contributed by atoms with Crippen LogP contribution in [0.3, 0.4) is 0 Å². The van der Waals surface area contributed by atoms with Crippen molar-refractivity contribution in [3.63, 3.8) is 0 Å². The summed E-state index contributed by atoms with van der Waals surface area (Å²) in [5, 5.41) is 2.74. The van der Waals surface area contributed by atoms with Crippen LogP contribution >= 0.6 is 0 Å². The van der Waals surface area contributed by atoms with E-state index in [2.05, 4.69) is 5.32 Å². The molecule has 4 nitrogen and oxygen atoms in total. The number of ether oxygens (including phenoxy) is 1. The molecule has 0 aliphatic carbocycles. The third-order valence-electron chi connectivity index (χ3n) is 4.36. The van der Waals surface area contributed by atoms with E-state index in [1.807, 2.05) is 61.5 Å². The highest BCUT2D eigenvalue weighted by molar-refractivity contribution is 5.87. The maximum Gasteiger partial charge on any atom is 0.303 e. The van der Waals surface area contributed by atoms with Gasteiger partial charge in [0, 0.05) is 19.0 Å². The van der Waals surface area contributed by atoms with Crippen LogP contribution in [0.25, 0.3) is 11.1 Å². The molecule has 1 heterocycles. The van der Waals surface area contributed by atoms with Gasteiger partial charge in [-0.1, -0.05) is 54.6 Å². The minimum atomic E-state index is -0.986. The monoisotopic (exact) mass is 309 g/mol. The third kappa shape index (κ3) is 2.72. The molecule has 118 valence electrons. The molecular weight excluding hydrogens is 290 g/mol. The molecule has 0 unspecified atom stereocenters. The Morgan fingerprint density at radius 2 is 1.78 bits per heavy atom. The van der Waals surface area contributed by atoms with Gasteiger partial charge < -0.3 is 10.1 Å². The number of hydrogen-bond acceptors (Lipinski definition) is 3. The van der Waals surface area contributed by atoms with Gasteiger partial charge in [0.25, 0.3) is 0 Å². The Morgan fingerprint density at radius 1 is 1.13 bits per heavy atom. The molecule has 1 aliphatic heterocycles. The molecule has 3 rings (SSSR count). The number of amides is 1. The molecule has 4 heteroatoms. The summed E-state index contributed by atoms with van der Waals surface area (Å²) in [5.74, 6) is -0.858. The molecule has 23 heavy (non-hydrogen) atoms. The van der Waals surface area contributed by atoms with Gasteiger partial charge in [0.1, 0.15) is 5.60 Å². The van der Waals surface area contributed by atoms with Crippen LogP contribution in [0, 0.1) is 5.92 Å². The standard InChI is InChI=1S/C19H19NO3/c1-13(21)23-19(2,17-12-20-18(17)22)16-11-7-6-10-15(16)14-8-4-3-5-9-14/h3-11,17H,12H2,1-2H3,(H,20,22)/t17-,19-/m1/s1. The van der Waals surface area contributed by atoms with E-state index in [4.69, 9.17) is 4.74 Å². The summed E-state index contributed by atoms with van der Waals surface area (Å²) in [4.78, 5) is 23.7. The van der Waals surface area contributed by atoms with Crippen molar-refractivity contribution >= 4 is 11.9 Å². The lowest BCUT2D eigenvalue weighted by molar-refractivity contribution is -0.170. The van der Waals surface area contributed by atoms with Gasteiger partial charge in [0.15, 0.2) is 0 Å². The van der Waals surface area contributed by atoms with Crippen LogP contribution in [0.2, 0.25) is 0 Å². The van der Waals surface area contributed by atoms with Gasteiger partial charge in [0.05, 0.1) is 5.92 Å². The van der Waals surface area contributed by atoms with Gasteiger partial charge in [-0.25, -0.2) is 0 Å². The molecule has 1 saturated heterocycles. The molecule has 1 amide bonds. The predicted molar refractivity (Wildman–Crippen MR) is 87.5 cm³/mol. The van der Waals surface area contributed by atoms with E-state index in [1.54, 1.807) is 0 Å². The second-order valence-corrected chi connectivity index (χ2v) is 5.91. The predicted octanol–water partition coefficient (Wildman–Crippen LogP) is 2.88. The van der Waals surface area contributed by atoms with Crippen molar-refractivity contribution in [1.82, 2.24) is 5.32 Å². The van der Waals surface area contributed by atoms with E-state index in [-0.39, 0.29) is 11.8 Å². The van der Waals surface area contributed by atoms with Gasteiger partial charge in [-0.05, 0) is 18.1 Å². The second kappa shape index (κ2) is 5.88. The molecule has 1 fully saturated rings. The average Bonchev–Trinajstić information content (AvgIpc) is 2.53. The zero-order chi connectivity index (χ0) is 16.4. The minimum Gasteiger partial charge on any atom is -0.454 e. The number of benzene rings is 2. The maximum atomic E-state index is 12.0. The molecule has 2 atom stereocenters. The lowest BCUT2D eigenvalue weighted by Gasteiger charge is -2.42. The SMILES string of the molecule is CC(=O)O[C@](C)(c1ccccc1-c1ccccc1)[C@@H]1CNC1=O. The Labute approximate surface area is 135 Å². The van der Waals surface area contributed by atoms with Crippen LogP contribution in [-0.2, 0) is 19.9 Å². The Morgan fingerprint density at radius 3 is 2.35 bits per heavy atom. The fourth-order valence-electron chi connectivity index (χ4n) is 3.13. The van der Waals surface area contributed by atoms with E-state index < -0.39 is 11.6 Å². The number of esters is 1. The summed E-state index contributed by atoms with van der Waals surface area (Å²) in [6.45, 7) is 3.70. The summed E-state index contributed by atoms with van der Waals surface area (Å²) >= 11 is 0. The van der Waals surface area contributed by atoms with Gasteiger partial charge >= 0.3 is 5.97 Å². The largest absolute Gasteiger partial charge is 0.454 e. The smallest absolute Gasteiger partial charge is 0.303 e. The van der Waals surface area contributed by atoms with Crippen molar-refractivity contribution in [2.45, 2.75) is 19.4 Å². The first-order chi connectivity index (χ1) is 11.0. The number of hydrogen-bond donors (Lipinski definition) is 1. The lowest BCUT2D eigenvalue weighted by atomic mass is 9.75. The summed E-state index contributed by atoms with van der Waals surface area (Å²) < 4.78 is 5.66. The molecule has 2 aromatic rings. The van der Waals surface area contributed by atoms with Gasteiger partial charge in [-0.2, -0.15) is 0 Å². The van der Waals surface area contributed by atoms with Crippen molar-refractivity contribution < 1.29 is 14.3 Å². The van der Waals surface area contributed by atoms with Crippen molar-refractivity contribution in [3.8, 4) is 11.1 Å². The van der Waals surface area contributed by atoms with Gasteiger partial charge in [-0.3, -0.25) is 9.59 Å². The van der Waals surface area contributed by atoms with Crippen molar-refractivity contribution in [1.29, 1.82) is 0 Å². The van der Waals surface area contributed by atoms with Crippen LogP contribution in [0.4, 0.5) is 0 Å². The fraction of sp³-hybridized carbons (Fsp3) is 0.263. The minimum absolute atomic E-state index is 0.0865. The zero-order valence-electron chi connectivity index (χ0n) is 13.2. The van der Waals surface area contributed by atoms with Crippen LogP contribution < -0.4 is 5.32 Å². The number of carbonyl (C=O) groups excluding carboxylic acids is 2. The number of carbonyl (C=O) groups is 2. The van der Waals surface area contributed by atoms with Crippen molar-refractivity contribution in [3.05, 3.63) is 60.2 Å². The van der Waals surface area contributed by atoms with E-state index in [0.717, 1.165) is 16.7 Å². The Bertz CT molecular complexity index is 741. The normalized spacial score (nSPS) is 19.2. The zero-order valence-corrected chi connectivity index (χ0v) is 13.2. The average molecular weight is 309 g/mol. The molecule has 0 aromatic heterocycles. The maximum absolute atomic E-state index is 12.0. The highest BCUT2D eigenvalue weighted by Gasteiger charge is 2.49. The molecule has 0 saturated carbocycles. The Kier molecular flexibility index (Phi) is 3.90. The molecule has 0 bridgehead atoms. The van der Waals surface area contributed by atoms with E-state index in [0.29, 0.717) is 6.54 Å². The van der Waals surface area contributed by atoms with Gasteiger partial charge in [-0.15, -0.1) is 0 Å².